The fourth-order valence-corrected chi connectivity index (χ4v) is 5.75. The van der Waals surface area contributed by atoms with E-state index in [0.717, 1.165) is 10.9 Å². The Morgan fingerprint density at radius 3 is 2.68 bits per heavy atom. The van der Waals surface area contributed by atoms with E-state index in [2.05, 4.69) is 23.9 Å². The summed E-state index contributed by atoms with van der Waals surface area (Å²) in [6.07, 6.45) is 3.43. The van der Waals surface area contributed by atoms with E-state index in [4.69, 9.17) is 23.2 Å². The Morgan fingerprint density at radius 2 is 1.97 bits per heavy atom. The molecule has 1 aliphatic heterocycles. The van der Waals surface area contributed by atoms with Gasteiger partial charge >= 0.3 is 0 Å². The Bertz CT molecular complexity index is 1480. The van der Waals surface area contributed by atoms with E-state index in [9.17, 15) is 13.2 Å². The van der Waals surface area contributed by atoms with Crippen molar-refractivity contribution in [3.8, 4) is 0 Å². The molecule has 8 nitrogen and oxygen atoms in total. The third-order valence-corrected chi connectivity index (χ3v) is 8.40. The maximum Gasteiger partial charge on any atom is 0.284 e. The van der Waals surface area contributed by atoms with Gasteiger partial charge in [-0.3, -0.25) is 4.79 Å². The SMILES string of the molecule is CN(C)C=NS(=O)(=O)c1cc(NC(=O)Cc2ccccc2Cl)cc2c1CCN(c1cc(Cl)c(P)cn1)C2. The van der Waals surface area contributed by atoms with Gasteiger partial charge in [0.05, 0.1) is 16.3 Å². The molecule has 194 valence electrons. The monoisotopic (exact) mass is 577 g/mol. The largest absolute Gasteiger partial charge is 0.368 e. The number of sulfonamides is 1. The van der Waals surface area contributed by atoms with Crippen LogP contribution >= 0.6 is 32.4 Å². The van der Waals surface area contributed by atoms with Gasteiger partial charge in [-0.2, -0.15) is 8.42 Å². The number of pyridine rings is 1. The van der Waals surface area contributed by atoms with E-state index in [1.165, 1.54) is 12.4 Å². The lowest BCUT2D eigenvalue weighted by Gasteiger charge is -2.31. The first kappa shape index (κ1) is 27.3. The number of nitrogens with zero attached hydrogens (tertiary/aromatic N) is 4. The Morgan fingerprint density at radius 1 is 1.22 bits per heavy atom. The molecule has 0 saturated heterocycles. The molecule has 0 fully saturated rings. The Kier molecular flexibility index (Phi) is 8.39. The summed E-state index contributed by atoms with van der Waals surface area (Å²) in [5.74, 6) is 0.371. The molecular formula is C25H26Cl2N5O3PS. The van der Waals surface area contributed by atoms with Crippen molar-refractivity contribution in [3.63, 3.8) is 0 Å². The highest BCUT2D eigenvalue weighted by molar-refractivity contribution is 7.90. The maximum atomic E-state index is 13.2. The molecule has 1 atom stereocenters. The van der Waals surface area contributed by atoms with Crippen molar-refractivity contribution < 1.29 is 13.2 Å². The van der Waals surface area contributed by atoms with Gasteiger partial charge in [-0.05, 0) is 47.4 Å². The lowest BCUT2D eigenvalue weighted by Crippen LogP contribution is -2.32. The van der Waals surface area contributed by atoms with Crippen molar-refractivity contribution in [2.24, 2.45) is 4.40 Å². The number of aromatic nitrogens is 1. The van der Waals surface area contributed by atoms with E-state index < -0.39 is 10.0 Å². The Balaban J connectivity index is 1.70. The predicted molar refractivity (Wildman–Crippen MR) is 153 cm³/mol. The summed E-state index contributed by atoms with van der Waals surface area (Å²) in [6.45, 7) is 0.938. The first-order valence-corrected chi connectivity index (χ1v) is 14.1. The van der Waals surface area contributed by atoms with Crippen molar-refractivity contribution in [1.82, 2.24) is 9.88 Å². The molecule has 0 saturated carbocycles. The lowest BCUT2D eigenvalue weighted by molar-refractivity contribution is -0.115. The fraction of sp³-hybridized carbons (Fsp3) is 0.240. The standard InChI is InChI=1S/C25H26Cl2N5O3PS/c1-31(2)15-29-37(34,35)23-11-18(30-25(33)10-16-5-3-4-6-20(16)26)9-17-14-32(8-7-19(17)23)24-12-21(27)22(36)13-28-24/h3-6,9,11-13,15H,7-8,10,14,36H2,1-2H3,(H,30,33). The number of rotatable bonds is 7. The number of nitrogens with one attached hydrogen (secondary N) is 1. The highest BCUT2D eigenvalue weighted by atomic mass is 35.5. The molecule has 1 N–H and O–H groups in total. The first-order chi connectivity index (χ1) is 17.5. The summed E-state index contributed by atoms with van der Waals surface area (Å²) in [4.78, 5) is 21.0. The first-order valence-electron chi connectivity index (χ1n) is 11.4. The van der Waals surface area contributed by atoms with Crippen molar-refractivity contribution in [2.45, 2.75) is 24.3 Å². The minimum absolute atomic E-state index is 0.0492. The number of anilines is 2. The second kappa shape index (κ2) is 11.4. The number of carbonyl (C=O) groups excluding carboxylic acids is 1. The van der Waals surface area contributed by atoms with Crippen LogP contribution in [0.15, 0.2) is 58.0 Å². The van der Waals surface area contributed by atoms with Crippen LogP contribution in [0.5, 0.6) is 0 Å². The van der Waals surface area contributed by atoms with Crippen LogP contribution in [0.3, 0.4) is 0 Å². The Labute approximate surface area is 229 Å². The fourth-order valence-electron chi connectivity index (χ4n) is 3.99. The molecule has 2 heterocycles. The molecule has 0 spiro atoms. The average molecular weight is 578 g/mol. The third-order valence-electron chi connectivity index (χ3n) is 5.77. The Hall–Kier alpha value is -2.71. The number of amides is 1. The van der Waals surface area contributed by atoms with Gasteiger partial charge < -0.3 is 15.1 Å². The van der Waals surface area contributed by atoms with E-state index in [0.29, 0.717) is 52.2 Å². The van der Waals surface area contributed by atoms with Crippen LogP contribution in [0.1, 0.15) is 16.7 Å². The number of hydrogen-bond acceptors (Lipinski definition) is 5. The van der Waals surface area contributed by atoms with E-state index in [-0.39, 0.29) is 17.2 Å². The van der Waals surface area contributed by atoms with Gasteiger partial charge in [-0.15, -0.1) is 13.6 Å². The molecule has 3 aromatic rings. The second-order valence-corrected chi connectivity index (χ2v) is 11.9. The molecule has 2 aromatic carbocycles. The van der Waals surface area contributed by atoms with Crippen LogP contribution in [0.25, 0.3) is 0 Å². The van der Waals surface area contributed by atoms with E-state index in [1.54, 1.807) is 61.6 Å². The zero-order valence-corrected chi connectivity index (χ0v) is 23.8. The predicted octanol–water partition coefficient (Wildman–Crippen LogP) is 3.91. The number of fused-ring (bicyclic) bond motifs is 1. The number of halogens is 2. The van der Waals surface area contributed by atoms with Gasteiger partial charge in [0, 0.05) is 49.4 Å². The molecule has 37 heavy (non-hydrogen) atoms. The van der Waals surface area contributed by atoms with Gasteiger partial charge in [-0.25, -0.2) is 4.98 Å². The van der Waals surface area contributed by atoms with E-state index in [1.807, 2.05) is 4.90 Å². The van der Waals surface area contributed by atoms with Gasteiger partial charge in [0.1, 0.15) is 12.2 Å². The summed E-state index contributed by atoms with van der Waals surface area (Å²) in [5, 5.41) is 4.68. The molecule has 0 radical (unpaired) electrons. The molecule has 1 aromatic heterocycles. The van der Waals surface area contributed by atoms with Crippen LogP contribution in [0, 0.1) is 0 Å². The summed E-state index contributed by atoms with van der Waals surface area (Å²) >= 11 is 12.5. The lowest BCUT2D eigenvalue weighted by atomic mass is 9.98. The molecule has 1 aliphatic rings. The summed E-state index contributed by atoms with van der Waals surface area (Å²) in [7, 11) is 1.90. The number of hydrogen-bond donors (Lipinski definition) is 1. The topological polar surface area (TPSA) is 95.0 Å². The molecule has 1 amide bonds. The minimum Gasteiger partial charge on any atom is -0.368 e. The molecule has 4 rings (SSSR count). The van der Waals surface area contributed by atoms with Crippen molar-refractivity contribution in [3.05, 3.63) is 75.4 Å². The number of benzene rings is 2. The van der Waals surface area contributed by atoms with Crippen molar-refractivity contribution >= 4 is 71.5 Å². The minimum atomic E-state index is -4.02. The zero-order valence-electron chi connectivity index (χ0n) is 20.3. The van der Waals surface area contributed by atoms with Crippen LogP contribution in [-0.4, -0.2) is 51.2 Å². The molecule has 0 bridgehead atoms. The molecule has 12 heteroatoms. The molecular weight excluding hydrogens is 552 g/mol. The average Bonchev–Trinajstić information content (AvgIpc) is 2.85. The third kappa shape index (κ3) is 6.60. The zero-order chi connectivity index (χ0) is 26.7. The van der Waals surface area contributed by atoms with Gasteiger partial charge in [0.2, 0.25) is 5.91 Å². The quantitative estimate of drug-likeness (QED) is 0.260. The van der Waals surface area contributed by atoms with Gasteiger partial charge in [-0.1, -0.05) is 41.4 Å². The smallest absolute Gasteiger partial charge is 0.284 e. The van der Waals surface area contributed by atoms with Crippen molar-refractivity contribution in [1.29, 1.82) is 0 Å². The van der Waals surface area contributed by atoms with Crippen molar-refractivity contribution in [2.75, 3.05) is 30.9 Å². The summed E-state index contributed by atoms with van der Waals surface area (Å²) < 4.78 is 30.3. The van der Waals surface area contributed by atoms with Crippen LogP contribution < -0.4 is 15.5 Å². The van der Waals surface area contributed by atoms with Crippen LogP contribution in [0.2, 0.25) is 10.0 Å². The second-order valence-electron chi connectivity index (χ2n) is 8.82. The van der Waals surface area contributed by atoms with Gasteiger partial charge in [0.25, 0.3) is 10.0 Å². The summed E-state index contributed by atoms with van der Waals surface area (Å²) in [5.41, 5.74) is 2.47. The van der Waals surface area contributed by atoms with Crippen LogP contribution in [0.4, 0.5) is 11.5 Å². The number of carbonyl (C=O) groups is 1. The molecule has 0 aliphatic carbocycles. The highest BCUT2D eigenvalue weighted by Crippen LogP contribution is 2.33. The summed E-state index contributed by atoms with van der Waals surface area (Å²) in [6, 6.07) is 12.1. The molecule has 1 unspecified atom stereocenters. The highest BCUT2D eigenvalue weighted by Gasteiger charge is 2.27. The van der Waals surface area contributed by atoms with Gasteiger partial charge in [0.15, 0.2) is 0 Å². The maximum absolute atomic E-state index is 13.2. The van der Waals surface area contributed by atoms with Crippen LogP contribution in [-0.2, 0) is 34.2 Å². The normalized spacial score (nSPS) is 13.5. The van der Waals surface area contributed by atoms with E-state index >= 15 is 0 Å².